The minimum atomic E-state index is -4.43. The molecule has 0 saturated carbocycles. The Bertz CT molecular complexity index is 1110. The normalized spacial score (nSPS) is 14.1. The number of rotatable bonds is 38. The van der Waals surface area contributed by atoms with Gasteiger partial charge in [-0.05, 0) is 83.5 Å². The summed E-state index contributed by atoms with van der Waals surface area (Å²) in [6.07, 6.45) is 48.3. The fraction of sp³-hybridized carbons (Fsp3) is 0.682. The predicted molar refractivity (Wildman–Crippen MR) is 224 cm³/mol. The minimum absolute atomic E-state index is 0.0545. The predicted octanol–water partition coefficient (Wildman–Crippen LogP) is 11.5. The van der Waals surface area contributed by atoms with Gasteiger partial charge in [0.1, 0.15) is 12.7 Å². The molecule has 0 bridgehead atoms. The number of carbonyl (C=O) groups excluding carboxylic acids is 2. The first-order chi connectivity index (χ1) is 26.3. The van der Waals surface area contributed by atoms with Crippen molar-refractivity contribution in [3.05, 3.63) is 72.9 Å². The summed E-state index contributed by atoms with van der Waals surface area (Å²) in [4.78, 5) is 33.8. The number of hydrogen-bond acceptors (Lipinski definition) is 7. The van der Waals surface area contributed by atoms with Crippen LogP contribution in [0.3, 0.4) is 0 Å². The van der Waals surface area contributed by atoms with Gasteiger partial charge in [-0.2, -0.15) is 0 Å². The SMILES string of the molecule is CC/C=C\C/C=C\C/C=C\C/C=C\CCCCC(=O)NCCOP(=O)(O)OCC(O)COC(=O)CCCCCCCCC/C=C\C/C=C\CCCCCC. The molecule has 0 aromatic carbocycles. The van der Waals surface area contributed by atoms with Crippen LogP contribution in [-0.2, 0) is 27.9 Å². The Morgan fingerprint density at radius 3 is 1.61 bits per heavy atom. The maximum atomic E-state index is 12.1. The fourth-order valence-corrected chi connectivity index (χ4v) is 5.98. The van der Waals surface area contributed by atoms with E-state index in [0.29, 0.717) is 6.42 Å². The molecule has 0 aromatic rings. The Balaban J connectivity index is 3.69. The van der Waals surface area contributed by atoms with Crippen molar-refractivity contribution in [3.63, 3.8) is 0 Å². The average Bonchev–Trinajstić information content (AvgIpc) is 3.16. The first-order valence-corrected chi connectivity index (χ1v) is 22.4. The molecule has 9 nitrogen and oxygen atoms in total. The number of nitrogens with one attached hydrogen (secondary N) is 1. The summed E-state index contributed by atoms with van der Waals surface area (Å²) < 4.78 is 26.8. The Morgan fingerprint density at radius 2 is 1.06 bits per heavy atom. The number of hydrogen-bond donors (Lipinski definition) is 3. The highest BCUT2D eigenvalue weighted by atomic mass is 31.2. The highest BCUT2D eigenvalue weighted by molar-refractivity contribution is 7.47. The lowest BCUT2D eigenvalue weighted by Crippen LogP contribution is -2.27. The molecule has 0 aliphatic rings. The number of carbonyl (C=O) groups is 2. The molecule has 0 rings (SSSR count). The first-order valence-electron chi connectivity index (χ1n) is 20.9. The van der Waals surface area contributed by atoms with Crippen LogP contribution in [0.4, 0.5) is 0 Å². The smallest absolute Gasteiger partial charge is 0.463 e. The molecule has 2 atom stereocenters. The first kappa shape index (κ1) is 51.5. The number of aliphatic hydroxyl groups is 1. The van der Waals surface area contributed by atoms with E-state index in [1.807, 2.05) is 0 Å². The molecule has 0 aliphatic carbocycles. The van der Waals surface area contributed by atoms with Gasteiger partial charge in [-0.3, -0.25) is 18.6 Å². The lowest BCUT2D eigenvalue weighted by Gasteiger charge is -2.15. The molecular weight excluding hydrogens is 701 g/mol. The van der Waals surface area contributed by atoms with Crippen molar-refractivity contribution in [2.45, 2.75) is 168 Å². The molecule has 1 amide bonds. The van der Waals surface area contributed by atoms with E-state index >= 15 is 0 Å². The summed E-state index contributed by atoms with van der Waals surface area (Å²) >= 11 is 0. The van der Waals surface area contributed by atoms with Crippen molar-refractivity contribution in [1.29, 1.82) is 0 Å². The van der Waals surface area contributed by atoms with Crippen molar-refractivity contribution in [2.24, 2.45) is 0 Å². The van der Waals surface area contributed by atoms with E-state index in [9.17, 15) is 24.2 Å². The number of unbranched alkanes of at least 4 members (excludes halogenated alkanes) is 13. The summed E-state index contributed by atoms with van der Waals surface area (Å²) in [5, 5.41) is 12.7. The van der Waals surface area contributed by atoms with E-state index < -0.39 is 26.5 Å². The third-order valence-corrected chi connectivity index (χ3v) is 9.35. The summed E-state index contributed by atoms with van der Waals surface area (Å²) in [5.74, 6) is -0.572. The van der Waals surface area contributed by atoms with Gasteiger partial charge in [-0.25, -0.2) is 4.57 Å². The van der Waals surface area contributed by atoms with Crippen LogP contribution in [0.25, 0.3) is 0 Å². The van der Waals surface area contributed by atoms with Crippen LogP contribution >= 0.6 is 7.82 Å². The lowest BCUT2D eigenvalue weighted by atomic mass is 10.1. The van der Waals surface area contributed by atoms with E-state index in [4.69, 9.17) is 13.8 Å². The maximum absolute atomic E-state index is 12.1. The number of phosphoric ester groups is 1. The molecule has 0 spiro atoms. The zero-order chi connectivity index (χ0) is 39.6. The Kier molecular flexibility index (Phi) is 38.2. The molecule has 0 heterocycles. The van der Waals surface area contributed by atoms with Crippen molar-refractivity contribution < 1.29 is 37.9 Å². The van der Waals surface area contributed by atoms with Crippen LogP contribution in [0, 0.1) is 0 Å². The topological polar surface area (TPSA) is 131 Å². The maximum Gasteiger partial charge on any atom is 0.472 e. The van der Waals surface area contributed by atoms with Gasteiger partial charge in [-0.1, -0.05) is 138 Å². The van der Waals surface area contributed by atoms with E-state index in [-0.39, 0.29) is 32.1 Å². The largest absolute Gasteiger partial charge is 0.472 e. The van der Waals surface area contributed by atoms with E-state index in [1.165, 1.54) is 51.4 Å². The second-order valence-electron chi connectivity index (χ2n) is 13.6. The summed E-state index contributed by atoms with van der Waals surface area (Å²) in [7, 11) is -4.43. The van der Waals surface area contributed by atoms with Crippen LogP contribution in [0.5, 0.6) is 0 Å². The molecule has 2 unspecified atom stereocenters. The third kappa shape index (κ3) is 40.6. The van der Waals surface area contributed by atoms with E-state index in [2.05, 4.69) is 92.1 Å². The number of esters is 1. The third-order valence-electron chi connectivity index (χ3n) is 8.37. The fourth-order valence-electron chi connectivity index (χ4n) is 5.22. The molecule has 3 N–H and O–H groups in total. The van der Waals surface area contributed by atoms with E-state index in [1.54, 1.807) is 0 Å². The Morgan fingerprint density at radius 1 is 0.593 bits per heavy atom. The molecule has 0 aliphatic heterocycles. The monoisotopic (exact) mass is 778 g/mol. The summed E-state index contributed by atoms with van der Waals surface area (Å²) in [6.45, 7) is 3.34. The van der Waals surface area contributed by atoms with Gasteiger partial charge in [0.2, 0.25) is 5.91 Å². The van der Waals surface area contributed by atoms with Crippen molar-refractivity contribution in [1.82, 2.24) is 5.32 Å². The lowest BCUT2D eigenvalue weighted by molar-refractivity contribution is -0.147. The van der Waals surface area contributed by atoms with E-state index in [0.717, 1.165) is 83.5 Å². The van der Waals surface area contributed by atoms with Crippen LogP contribution in [0.2, 0.25) is 0 Å². The summed E-state index contributed by atoms with van der Waals surface area (Å²) in [5.41, 5.74) is 0. The van der Waals surface area contributed by atoms with Gasteiger partial charge >= 0.3 is 13.8 Å². The van der Waals surface area contributed by atoms with Gasteiger partial charge in [-0.15, -0.1) is 0 Å². The minimum Gasteiger partial charge on any atom is -0.463 e. The average molecular weight is 778 g/mol. The summed E-state index contributed by atoms with van der Waals surface area (Å²) in [6, 6.07) is 0. The van der Waals surface area contributed by atoms with Crippen LogP contribution in [-0.4, -0.2) is 54.3 Å². The molecule has 0 radical (unpaired) electrons. The number of amides is 1. The number of phosphoric acid groups is 1. The highest BCUT2D eigenvalue weighted by Gasteiger charge is 2.23. The van der Waals surface area contributed by atoms with Gasteiger partial charge in [0.05, 0.1) is 13.2 Å². The van der Waals surface area contributed by atoms with Crippen LogP contribution < -0.4 is 5.32 Å². The number of allylic oxidation sites excluding steroid dienone is 12. The molecule has 0 saturated heterocycles. The van der Waals surface area contributed by atoms with Crippen molar-refractivity contribution in [2.75, 3.05) is 26.4 Å². The van der Waals surface area contributed by atoms with Gasteiger partial charge in [0.15, 0.2) is 0 Å². The standard InChI is InChI=1S/C44H76NO8P/c1-3-5-7-9-11-13-15-17-19-20-21-23-25-27-29-31-33-35-37-44(48)51-40-42(46)41-53-54(49,50)52-39-38-45-43(47)36-34-32-30-28-26-24-22-18-16-14-12-10-8-6-4-2/h6,8,12-15,18-20,22,26,28,42,46H,3-5,7,9-11,16-17,21,23-25,27,29-41H2,1-2H3,(H,45,47)(H,49,50)/b8-6-,14-12-,15-13-,20-19-,22-18-,28-26-. The van der Waals surface area contributed by atoms with Crippen LogP contribution in [0.15, 0.2) is 72.9 Å². The molecular formula is C44H76NO8P. The zero-order valence-corrected chi connectivity index (χ0v) is 34.8. The van der Waals surface area contributed by atoms with Gasteiger partial charge in [0, 0.05) is 19.4 Å². The van der Waals surface area contributed by atoms with Crippen molar-refractivity contribution >= 4 is 19.7 Å². The number of ether oxygens (including phenoxy) is 1. The second kappa shape index (κ2) is 40.1. The molecule has 54 heavy (non-hydrogen) atoms. The highest BCUT2D eigenvalue weighted by Crippen LogP contribution is 2.42. The molecule has 0 fully saturated rings. The van der Waals surface area contributed by atoms with Gasteiger partial charge in [0.25, 0.3) is 0 Å². The zero-order valence-electron chi connectivity index (χ0n) is 33.9. The molecule has 310 valence electrons. The van der Waals surface area contributed by atoms with Crippen LogP contribution in [0.1, 0.15) is 162 Å². The van der Waals surface area contributed by atoms with Crippen molar-refractivity contribution in [3.8, 4) is 0 Å². The second-order valence-corrected chi connectivity index (χ2v) is 15.0. The molecule has 0 aromatic heterocycles. The number of aliphatic hydroxyl groups excluding tert-OH is 1. The Labute approximate surface area is 329 Å². The quantitative estimate of drug-likeness (QED) is 0.0244. The molecule has 10 heteroatoms. The Hall–Kier alpha value is -2.55. The van der Waals surface area contributed by atoms with Gasteiger partial charge < -0.3 is 20.1 Å².